The second kappa shape index (κ2) is 6.38. The zero-order valence-electron chi connectivity index (χ0n) is 10.1. The van der Waals surface area contributed by atoms with Crippen molar-refractivity contribution in [1.29, 1.82) is 0 Å². The standard InChI is InChI=1S/C12H13BrN2O3S/c13-11-9(4-1-5-10(11)15(17)18)12(16)14-7-8-3-2-6-19-8/h1,4-5,8H,2-3,6-7H2,(H,14,16). The topological polar surface area (TPSA) is 72.2 Å². The first-order chi connectivity index (χ1) is 9.09. The molecule has 1 amide bonds. The highest BCUT2D eigenvalue weighted by molar-refractivity contribution is 9.10. The van der Waals surface area contributed by atoms with E-state index in [0.717, 1.165) is 12.2 Å². The van der Waals surface area contributed by atoms with Gasteiger partial charge in [-0.3, -0.25) is 14.9 Å². The molecular weight excluding hydrogens is 332 g/mol. The molecule has 7 heteroatoms. The lowest BCUT2D eigenvalue weighted by atomic mass is 10.2. The van der Waals surface area contributed by atoms with Crippen LogP contribution in [-0.4, -0.2) is 28.4 Å². The van der Waals surface area contributed by atoms with E-state index < -0.39 is 4.92 Å². The summed E-state index contributed by atoms with van der Waals surface area (Å²) in [5.41, 5.74) is 0.208. The van der Waals surface area contributed by atoms with Crippen LogP contribution in [0.4, 0.5) is 5.69 Å². The summed E-state index contributed by atoms with van der Waals surface area (Å²) >= 11 is 4.99. The smallest absolute Gasteiger partial charge is 0.284 e. The number of amides is 1. The van der Waals surface area contributed by atoms with Gasteiger partial charge in [0.05, 0.1) is 10.5 Å². The average Bonchev–Trinajstić information content (AvgIpc) is 2.89. The molecule has 1 saturated heterocycles. The summed E-state index contributed by atoms with van der Waals surface area (Å²) in [6, 6.07) is 4.46. The summed E-state index contributed by atoms with van der Waals surface area (Å²) in [7, 11) is 0. The molecule has 0 aromatic heterocycles. The summed E-state index contributed by atoms with van der Waals surface area (Å²) < 4.78 is 0.233. The molecule has 1 heterocycles. The second-order valence-corrected chi connectivity index (χ2v) is 6.44. The number of nitro benzene ring substituents is 1. The van der Waals surface area contributed by atoms with Gasteiger partial charge in [-0.25, -0.2) is 0 Å². The third kappa shape index (κ3) is 3.48. The Bertz CT molecular complexity index is 504. The van der Waals surface area contributed by atoms with Crippen LogP contribution in [0, 0.1) is 10.1 Å². The van der Waals surface area contributed by atoms with Gasteiger partial charge in [0.1, 0.15) is 4.47 Å². The molecule has 102 valence electrons. The molecule has 1 fully saturated rings. The summed E-state index contributed by atoms with van der Waals surface area (Å²) in [5, 5.41) is 14.1. The summed E-state index contributed by atoms with van der Waals surface area (Å²) in [4.78, 5) is 22.3. The van der Waals surface area contributed by atoms with E-state index in [1.807, 2.05) is 11.8 Å². The number of halogens is 1. The van der Waals surface area contributed by atoms with E-state index in [1.165, 1.54) is 18.6 Å². The average molecular weight is 345 g/mol. The Hall–Kier alpha value is -1.08. The van der Waals surface area contributed by atoms with E-state index in [2.05, 4.69) is 21.2 Å². The van der Waals surface area contributed by atoms with E-state index >= 15 is 0 Å². The third-order valence-corrected chi connectivity index (χ3v) is 5.17. The van der Waals surface area contributed by atoms with Crippen molar-refractivity contribution in [2.45, 2.75) is 18.1 Å². The fourth-order valence-electron chi connectivity index (χ4n) is 1.94. The summed E-state index contributed by atoms with van der Waals surface area (Å²) in [6.45, 7) is 0.610. The van der Waals surface area contributed by atoms with Crippen LogP contribution in [0.1, 0.15) is 23.2 Å². The van der Waals surface area contributed by atoms with Crippen molar-refractivity contribution in [3.8, 4) is 0 Å². The summed E-state index contributed by atoms with van der Waals surface area (Å²) in [5.74, 6) is 0.865. The van der Waals surface area contributed by atoms with Crippen LogP contribution in [0.5, 0.6) is 0 Å². The van der Waals surface area contributed by atoms with Gasteiger partial charge in [-0.15, -0.1) is 0 Å². The molecule has 1 aliphatic heterocycles. The molecule has 19 heavy (non-hydrogen) atoms. The van der Waals surface area contributed by atoms with Crippen molar-refractivity contribution in [2.75, 3.05) is 12.3 Å². The predicted octanol–water partition coefficient (Wildman–Crippen LogP) is 2.98. The molecule has 1 aromatic rings. The van der Waals surface area contributed by atoms with Crippen molar-refractivity contribution in [1.82, 2.24) is 5.32 Å². The lowest BCUT2D eigenvalue weighted by Gasteiger charge is -2.11. The van der Waals surface area contributed by atoms with E-state index in [1.54, 1.807) is 6.07 Å². The number of nitrogens with one attached hydrogen (secondary N) is 1. The molecule has 0 radical (unpaired) electrons. The lowest BCUT2D eigenvalue weighted by molar-refractivity contribution is -0.385. The summed E-state index contributed by atoms with van der Waals surface area (Å²) in [6.07, 6.45) is 2.30. The number of rotatable bonds is 4. The highest BCUT2D eigenvalue weighted by Crippen LogP contribution is 2.29. The van der Waals surface area contributed by atoms with Crippen molar-refractivity contribution in [3.05, 3.63) is 38.3 Å². The molecule has 1 atom stereocenters. The maximum Gasteiger partial charge on any atom is 0.284 e. The van der Waals surface area contributed by atoms with Crippen LogP contribution in [-0.2, 0) is 0 Å². The Balaban J connectivity index is 2.06. The quantitative estimate of drug-likeness (QED) is 0.673. The second-order valence-electron chi connectivity index (χ2n) is 4.24. The zero-order chi connectivity index (χ0) is 13.8. The Kier molecular flexibility index (Phi) is 4.81. The van der Waals surface area contributed by atoms with Gasteiger partial charge in [-0.1, -0.05) is 6.07 Å². The molecule has 1 unspecified atom stereocenters. The number of hydrogen-bond acceptors (Lipinski definition) is 4. The Morgan fingerprint density at radius 2 is 2.37 bits per heavy atom. The largest absolute Gasteiger partial charge is 0.351 e. The molecule has 0 spiro atoms. The minimum absolute atomic E-state index is 0.0945. The SMILES string of the molecule is O=C(NCC1CCCS1)c1cccc([N+](=O)[O-])c1Br. The number of nitrogens with zero attached hydrogens (tertiary/aromatic N) is 1. The van der Waals surface area contributed by atoms with Crippen LogP contribution in [0.25, 0.3) is 0 Å². The molecule has 1 aromatic carbocycles. The minimum atomic E-state index is -0.506. The van der Waals surface area contributed by atoms with Crippen molar-refractivity contribution in [2.24, 2.45) is 0 Å². The number of carbonyl (C=O) groups excluding carboxylic acids is 1. The maximum atomic E-state index is 12.0. The number of thioether (sulfide) groups is 1. The number of nitro groups is 1. The van der Waals surface area contributed by atoms with Crippen LogP contribution >= 0.6 is 27.7 Å². The van der Waals surface area contributed by atoms with Crippen LogP contribution in [0.2, 0.25) is 0 Å². The first kappa shape index (κ1) is 14.3. The van der Waals surface area contributed by atoms with Gasteiger partial charge in [0.25, 0.3) is 11.6 Å². The van der Waals surface area contributed by atoms with Crippen molar-refractivity contribution >= 4 is 39.3 Å². The van der Waals surface area contributed by atoms with E-state index in [0.29, 0.717) is 17.4 Å². The maximum absolute atomic E-state index is 12.0. The normalized spacial score (nSPS) is 18.3. The van der Waals surface area contributed by atoms with Gasteiger partial charge in [0.2, 0.25) is 0 Å². The van der Waals surface area contributed by atoms with E-state index in [-0.39, 0.29) is 16.1 Å². The minimum Gasteiger partial charge on any atom is -0.351 e. The van der Waals surface area contributed by atoms with Gasteiger partial charge in [0.15, 0.2) is 0 Å². The van der Waals surface area contributed by atoms with E-state index in [9.17, 15) is 14.9 Å². The molecular formula is C12H13BrN2O3S. The Morgan fingerprint density at radius 3 is 3.00 bits per heavy atom. The van der Waals surface area contributed by atoms with Gasteiger partial charge in [-0.05, 0) is 40.6 Å². The van der Waals surface area contributed by atoms with Crippen LogP contribution in [0.3, 0.4) is 0 Å². The van der Waals surface area contributed by atoms with Gasteiger partial charge >= 0.3 is 0 Å². The number of carbonyl (C=O) groups is 1. The van der Waals surface area contributed by atoms with Crippen LogP contribution < -0.4 is 5.32 Å². The fraction of sp³-hybridized carbons (Fsp3) is 0.417. The van der Waals surface area contributed by atoms with Gasteiger partial charge < -0.3 is 5.32 Å². The Morgan fingerprint density at radius 1 is 1.58 bits per heavy atom. The monoisotopic (exact) mass is 344 g/mol. The third-order valence-electron chi connectivity index (χ3n) is 2.93. The molecule has 1 N–H and O–H groups in total. The number of hydrogen-bond donors (Lipinski definition) is 1. The Labute approximate surface area is 123 Å². The number of benzene rings is 1. The lowest BCUT2D eigenvalue weighted by Crippen LogP contribution is -2.30. The molecule has 0 bridgehead atoms. The molecule has 5 nitrogen and oxygen atoms in total. The van der Waals surface area contributed by atoms with Gasteiger partial charge in [-0.2, -0.15) is 11.8 Å². The van der Waals surface area contributed by atoms with Crippen molar-refractivity contribution in [3.63, 3.8) is 0 Å². The predicted molar refractivity (Wildman–Crippen MR) is 78.6 cm³/mol. The molecule has 0 aliphatic carbocycles. The van der Waals surface area contributed by atoms with Gasteiger partial charge in [0, 0.05) is 17.9 Å². The molecule has 1 aliphatic rings. The first-order valence-electron chi connectivity index (χ1n) is 5.92. The zero-order valence-corrected chi connectivity index (χ0v) is 12.5. The first-order valence-corrected chi connectivity index (χ1v) is 7.76. The highest BCUT2D eigenvalue weighted by Gasteiger charge is 2.21. The van der Waals surface area contributed by atoms with Crippen molar-refractivity contribution < 1.29 is 9.72 Å². The highest BCUT2D eigenvalue weighted by atomic mass is 79.9. The van der Waals surface area contributed by atoms with Crippen LogP contribution in [0.15, 0.2) is 22.7 Å². The van der Waals surface area contributed by atoms with E-state index in [4.69, 9.17) is 0 Å². The fourth-order valence-corrected chi connectivity index (χ4v) is 3.73. The molecule has 0 saturated carbocycles. The molecule has 2 rings (SSSR count).